The van der Waals surface area contributed by atoms with Crippen LogP contribution in [0, 0.1) is 6.92 Å². The number of carbonyl (C=O) groups is 1. The maximum absolute atomic E-state index is 12.7. The Morgan fingerprint density at radius 3 is 2.65 bits per heavy atom. The summed E-state index contributed by atoms with van der Waals surface area (Å²) in [5.41, 5.74) is 4.16. The highest BCUT2D eigenvalue weighted by molar-refractivity contribution is 9.10. The number of benzene rings is 2. The van der Waals surface area contributed by atoms with Crippen molar-refractivity contribution < 1.29 is 9.90 Å². The SMILES string of the molecule is Cc1ccc(-c2cc3ncc(C(=O)c4cc(Br)ccc4O)cn3n2)cc1. The number of halogens is 1. The van der Waals surface area contributed by atoms with E-state index >= 15 is 0 Å². The number of aromatic hydroxyl groups is 1. The number of phenols is 1. The van der Waals surface area contributed by atoms with Crippen LogP contribution in [0.4, 0.5) is 0 Å². The van der Waals surface area contributed by atoms with Crippen LogP contribution in [0.25, 0.3) is 16.9 Å². The Kier molecular flexibility index (Phi) is 4.05. The monoisotopic (exact) mass is 407 g/mol. The lowest BCUT2D eigenvalue weighted by molar-refractivity contribution is 0.103. The second kappa shape index (κ2) is 6.38. The third-order valence-electron chi connectivity index (χ3n) is 4.13. The van der Waals surface area contributed by atoms with Gasteiger partial charge in [0.15, 0.2) is 11.4 Å². The fraction of sp³-hybridized carbons (Fsp3) is 0.0500. The number of phenolic OH excluding ortho intramolecular Hbond substituents is 1. The summed E-state index contributed by atoms with van der Waals surface area (Å²) in [4.78, 5) is 17.0. The van der Waals surface area contributed by atoms with E-state index in [1.807, 2.05) is 37.3 Å². The Bertz CT molecular complexity index is 1130. The van der Waals surface area contributed by atoms with Crippen LogP contribution in [0.15, 0.2) is 65.4 Å². The predicted molar refractivity (Wildman–Crippen MR) is 102 cm³/mol. The van der Waals surface area contributed by atoms with Gasteiger partial charge in [-0.1, -0.05) is 45.8 Å². The summed E-state index contributed by atoms with van der Waals surface area (Å²) in [6, 6.07) is 14.7. The largest absolute Gasteiger partial charge is 0.507 e. The Balaban J connectivity index is 1.74. The highest BCUT2D eigenvalue weighted by Crippen LogP contribution is 2.25. The maximum Gasteiger partial charge on any atom is 0.199 e. The van der Waals surface area contributed by atoms with E-state index in [9.17, 15) is 9.90 Å². The van der Waals surface area contributed by atoms with Crippen molar-refractivity contribution in [2.24, 2.45) is 0 Å². The molecule has 6 heteroatoms. The Morgan fingerprint density at radius 2 is 1.88 bits per heavy atom. The molecular weight excluding hydrogens is 394 g/mol. The number of rotatable bonds is 3. The van der Waals surface area contributed by atoms with Crippen molar-refractivity contribution in [3.63, 3.8) is 0 Å². The standard InChI is InChI=1S/C20H14BrN3O2/c1-12-2-4-13(5-3-12)17-9-19-22-10-14(11-24(19)23-17)20(26)16-8-15(21)6-7-18(16)25/h2-11,25H,1H3. The number of carbonyl (C=O) groups excluding carboxylic acids is 1. The number of aromatic nitrogens is 3. The van der Waals surface area contributed by atoms with Gasteiger partial charge in [0.1, 0.15) is 5.75 Å². The van der Waals surface area contributed by atoms with E-state index in [-0.39, 0.29) is 17.1 Å². The van der Waals surface area contributed by atoms with E-state index in [1.165, 1.54) is 17.8 Å². The summed E-state index contributed by atoms with van der Waals surface area (Å²) < 4.78 is 2.30. The Hall–Kier alpha value is -2.99. The van der Waals surface area contributed by atoms with Crippen molar-refractivity contribution in [1.82, 2.24) is 14.6 Å². The summed E-state index contributed by atoms with van der Waals surface area (Å²) in [6.07, 6.45) is 3.13. The van der Waals surface area contributed by atoms with Crippen molar-refractivity contribution in [2.45, 2.75) is 6.92 Å². The zero-order valence-electron chi connectivity index (χ0n) is 13.8. The van der Waals surface area contributed by atoms with Gasteiger partial charge in [-0.05, 0) is 25.1 Å². The van der Waals surface area contributed by atoms with Crippen LogP contribution in [-0.2, 0) is 0 Å². The molecule has 1 N–H and O–H groups in total. The summed E-state index contributed by atoms with van der Waals surface area (Å²) in [5, 5.41) is 14.5. The normalized spacial score (nSPS) is 11.0. The smallest absolute Gasteiger partial charge is 0.199 e. The van der Waals surface area contributed by atoms with E-state index < -0.39 is 0 Å². The molecule has 4 aromatic rings. The first-order chi connectivity index (χ1) is 12.5. The molecule has 128 valence electrons. The molecule has 4 rings (SSSR count). The minimum absolute atomic E-state index is 0.0703. The van der Waals surface area contributed by atoms with Gasteiger partial charge in [-0.2, -0.15) is 5.10 Å². The molecule has 0 aliphatic carbocycles. The van der Waals surface area contributed by atoms with E-state index in [1.54, 1.807) is 22.8 Å². The zero-order valence-corrected chi connectivity index (χ0v) is 15.4. The average molecular weight is 408 g/mol. The first-order valence-corrected chi connectivity index (χ1v) is 8.76. The molecule has 26 heavy (non-hydrogen) atoms. The number of fused-ring (bicyclic) bond motifs is 1. The number of hydrogen-bond donors (Lipinski definition) is 1. The molecule has 0 aliphatic heterocycles. The molecule has 2 aromatic carbocycles. The molecule has 2 heterocycles. The van der Waals surface area contributed by atoms with Crippen LogP contribution in [0.5, 0.6) is 5.75 Å². The number of hydrogen-bond acceptors (Lipinski definition) is 4. The molecule has 0 atom stereocenters. The van der Waals surface area contributed by atoms with Gasteiger partial charge in [0.05, 0.1) is 16.8 Å². The lowest BCUT2D eigenvalue weighted by atomic mass is 10.1. The molecule has 0 saturated heterocycles. The lowest BCUT2D eigenvalue weighted by Crippen LogP contribution is -2.05. The van der Waals surface area contributed by atoms with E-state index in [2.05, 4.69) is 26.0 Å². The molecule has 0 bridgehead atoms. The quantitative estimate of drug-likeness (QED) is 0.510. The highest BCUT2D eigenvalue weighted by atomic mass is 79.9. The second-order valence-corrected chi connectivity index (χ2v) is 6.95. The van der Waals surface area contributed by atoms with Crippen molar-refractivity contribution >= 4 is 27.4 Å². The van der Waals surface area contributed by atoms with Gasteiger partial charge in [-0.3, -0.25) is 4.79 Å². The van der Waals surface area contributed by atoms with Crippen molar-refractivity contribution in [3.8, 4) is 17.0 Å². The number of ketones is 1. The average Bonchev–Trinajstić information content (AvgIpc) is 3.07. The third-order valence-corrected chi connectivity index (χ3v) is 4.62. The fourth-order valence-electron chi connectivity index (χ4n) is 2.71. The minimum Gasteiger partial charge on any atom is -0.507 e. The van der Waals surface area contributed by atoms with Gasteiger partial charge in [-0.15, -0.1) is 0 Å². The highest BCUT2D eigenvalue weighted by Gasteiger charge is 2.16. The van der Waals surface area contributed by atoms with Crippen LogP contribution >= 0.6 is 15.9 Å². The van der Waals surface area contributed by atoms with Gasteiger partial charge in [0.25, 0.3) is 0 Å². The minimum atomic E-state index is -0.314. The molecule has 0 unspecified atom stereocenters. The number of aryl methyl sites for hydroxylation is 1. The van der Waals surface area contributed by atoms with Crippen molar-refractivity contribution in [2.75, 3.05) is 0 Å². The summed E-state index contributed by atoms with van der Waals surface area (Å²) in [5.74, 6) is -0.385. The molecule has 0 saturated carbocycles. The van der Waals surface area contributed by atoms with Crippen LogP contribution in [0.3, 0.4) is 0 Å². The van der Waals surface area contributed by atoms with E-state index in [0.29, 0.717) is 15.7 Å². The topological polar surface area (TPSA) is 67.5 Å². The Labute approximate surface area is 158 Å². The molecule has 2 aromatic heterocycles. The fourth-order valence-corrected chi connectivity index (χ4v) is 3.07. The summed E-state index contributed by atoms with van der Waals surface area (Å²) >= 11 is 3.31. The van der Waals surface area contributed by atoms with Gasteiger partial charge in [-0.25, -0.2) is 9.50 Å². The van der Waals surface area contributed by atoms with Crippen LogP contribution in [0.1, 0.15) is 21.5 Å². The van der Waals surface area contributed by atoms with Gasteiger partial charge < -0.3 is 5.11 Å². The lowest BCUT2D eigenvalue weighted by Gasteiger charge is -2.04. The predicted octanol–water partition coefficient (Wildman–Crippen LogP) is 4.40. The van der Waals surface area contributed by atoms with Gasteiger partial charge in [0.2, 0.25) is 0 Å². The zero-order chi connectivity index (χ0) is 18.3. The van der Waals surface area contributed by atoms with Crippen molar-refractivity contribution in [3.05, 3.63) is 82.1 Å². The first kappa shape index (κ1) is 16.5. The molecule has 0 amide bonds. The Morgan fingerprint density at radius 1 is 1.12 bits per heavy atom. The molecule has 0 radical (unpaired) electrons. The molecule has 5 nitrogen and oxygen atoms in total. The van der Waals surface area contributed by atoms with Crippen molar-refractivity contribution in [1.29, 1.82) is 0 Å². The van der Waals surface area contributed by atoms with Gasteiger partial charge in [0, 0.05) is 28.5 Å². The van der Waals surface area contributed by atoms with E-state index in [0.717, 1.165) is 11.3 Å². The summed E-state index contributed by atoms with van der Waals surface area (Å²) in [6.45, 7) is 2.03. The molecular formula is C20H14BrN3O2. The van der Waals surface area contributed by atoms with Crippen LogP contribution in [-0.4, -0.2) is 25.5 Å². The molecule has 0 spiro atoms. The van der Waals surface area contributed by atoms with Gasteiger partial charge >= 0.3 is 0 Å². The molecule has 0 fully saturated rings. The van der Waals surface area contributed by atoms with Crippen LogP contribution < -0.4 is 0 Å². The number of nitrogens with zero attached hydrogens (tertiary/aromatic N) is 3. The summed E-state index contributed by atoms with van der Waals surface area (Å²) in [7, 11) is 0. The second-order valence-electron chi connectivity index (χ2n) is 6.03. The van der Waals surface area contributed by atoms with E-state index in [4.69, 9.17) is 0 Å². The maximum atomic E-state index is 12.7. The molecule has 0 aliphatic rings. The third kappa shape index (κ3) is 2.99. The first-order valence-electron chi connectivity index (χ1n) is 7.97. The van der Waals surface area contributed by atoms with Crippen LogP contribution in [0.2, 0.25) is 0 Å².